The molecule has 4 N–H and O–H groups in total. The average Bonchev–Trinajstić information content (AvgIpc) is 3.12. The van der Waals surface area contributed by atoms with Gasteiger partial charge in [-0.2, -0.15) is 9.37 Å². The highest BCUT2D eigenvalue weighted by atomic mass is 19.2. The predicted molar refractivity (Wildman–Crippen MR) is 65.9 cm³/mol. The van der Waals surface area contributed by atoms with Gasteiger partial charge in [-0.05, 0) is 25.2 Å². The van der Waals surface area contributed by atoms with Gasteiger partial charge in [-0.25, -0.2) is 9.18 Å². The lowest BCUT2D eigenvalue weighted by Gasteiger charge is -2.25. The van der Waals surface area contributed by atoms with Crippen molar-refractivity contribution in [2.45, 2.75) is 37.6 Å². The molecule has 0 bridgehead atoms. The molecular formula is C12H15F2N3O4. The van der Waals surface area contributed by atoms with Gasteiger partial charge in [-0.15, -0.1) is 0 Å². The molecule has 0 amide bonds. The lowest BCUT2D eigenvalue weighted by Crippen LogP contribution is -2.40. The first-order chi connectivity index (χ1) is 9.77. The van der Waals surface area contributed by atoms with E-state index in [-0.39, 0.29) is 12.3 Å². The zero-order chi connectivity index (χ0) is 15.4. The van der Waals surface area contributed by atoms with Gasteiger partial charge in [0, 0.05) is 0 Å². The topological polar surface area (TPSA) is 111 Å². The second kappa shape index (κ2) is 4.72. The van der Waals surface area contributed by atoms with Crippen LogP contribution in [0.25, 0.3) is 0 Å². The number of hydrogen-bond donors (Lipinski definition) is 3. The highest BCUT2D eigenvalue weighted by molar-refractivity contribution is 5.26. The molecule has 1 saturated carbocycles. The van der Waals surface area contributed by atoms with Crippen molar-refractivity contribution in [2.24, 2.45) is 11.8 Å². The van der Waals surface area contributed by atoms with E-state index < -0.39 is 41.6 Å². The lowest BCUT2D eigenvalue weighted by atomic mass is 9.99. The summed E-state index contributed by atoms with van der Waals surface area (Å²) in [4.78, 5) is 15.0. The maximum absolute atomic E-state index is 13.6. The van der Waals surface area contributed by atoms with Crippen LogP contribution in [-0.4, -0.2) is 31.9 Å². The number of aliphatic hydroxyl groups is 2. The van der Waals surface area contributed by atoms with Crippen LogP contribution in [0.4, 0.5) is 14.6 Å². The normalized spacial score (nSPS) is 29.8. The highest BCUT2D eigenvalue weighted by Crippen LogP contribution is 2.48. The van der Waals surface area contributed by atoms with E-state index in [1.165, 1.54) is 0 Å². The Morgan fingerprint density at radius 3 is 2.71 bits per heavy atom. The van der Waals surface area contributed by atoms with E-state index in [0.717, 1.165) is 19.0 Å². The number of nitrogens with zero attached hydrogens (tertiary/aromatic N) is 2. The molecule has 21 heavy (non-hydrogen) atoms. The predicted octanol–water partition coefficient (Wildman–Crippen LogP) is -0.114. The summed E-state index contributed by atoms with van der Waals surface area (Å²) in [6, 6.07) is -3.54. The summed E-state index contributed by atoms with van der Waals surface area (Å²) < 4.78 is 33.3. The molecule has 0 radical (unpaired) electrons. The van der Waals surface area contributed by atoms with E-state index in [0.29, 0.717) is 4.57 Å². The van der Waals surface area contributed by atoms with Gasteiger partial charge in [0.25, 0.3) is 0 Å². The smallest absolute Gasteiger partial charge is 0.351 e. The minimum Gasteiger partial charge on any atom is -0.381 e. The molecule has 1 aromatic rings. The first-order valence-electron chi connectivity index (χ1n) is 6.60. The van der Waals surface area contributed by atoms with Crippen LogP contribution in [0.2, 0.25) is 0 Å². The number of hydrogen-bond acceptors (Lipinski definition) is 6. The molecule has 2 fully saturated rings. The first kappa shape index (κ1) is 14.4. The third kappa shape index (κ3) is 2.63. The third-order valence-electron chi connectivity index (χ3n) is 3.97. The van der Waals surface area contributed by atoms with Crippen molar-refractivity contribution in [3.8, 4) is 0 Å². The maximum Gasteiger partial charge on any atom is 0.351 e. The number of ether oxygens (including phenoxy) is 1. The standard InChI is InChI=1S/C12H15F2N3O4/c13-7-4-17(11(18)16-9(7)15)10-6(12(14,19)20)3-8(21-10)5-1-2-5/h4-6,8,10,19-20H,1-3H2,(H2,15,16,18). The molecule has 3 atom stereocenters. The molecule has 2 heterocycles. The van der Waals surface area contributed by atoms with Gasteiger partial charge in [-0.1, -0.05) is 0 Å². The Balaban J connectivity index is 1.98. The fourth-order valence-electron chi connectivity index (χ4n) is 2.70. The van der Waals surface area contributed by atoms with E-state index in [1.807, 2.05) is 0 Å². The average molecular weight is 303 g/mol. The van der Waals surface area contributed by atoms with Crippen LogP contribution in [0.3, 0.4) is 0 Å². The molecule has 2 aliphatic rings. The van der Waals surface area contributed by atoms with E-state index in [2.05, 4.69) is 4.98 Å². The van der Waals surface area contributed by atoms with Crippen LogP contribution in [0.1, 0.15) is 25.5 Å². The van der Waals surface area contributed by atoms with Crippen molar-refractivity contribution in [3.05, 3.63) is 22.5 Å². The molecule has 116 valence electrons. The molecule has 1 aliphatic heterocycles. The molecular weight excluding hydrogens is 288 g/mol. The van der Waals surface area contributed by atoms with Crippen molar-refractivity contribution in [1.82, 2.24) is 9.55 Å². The summed E-state index contributed by atoms with van der Waals surface area (Å²) in [5.41, 5.74) is 4.24. The maximum atomic E-state index is 13.6. The van der Waals surface area contributed by atoms with Crippen LogP contribution in [0, 0.1) is 17.7 Å². The van der Waals surface area contributed by atoms with Crippen molar-refractivity contribution in [3.63, 3.8) is 0 Å². The van der Waals surface area contributed by atoms with Crippen LogP contribution in [0.15, 0.2) is 11.0 Å². The Kier molecular flexibility index (Phi) is 3.23. The summed E-state index contributed by atoms with van der Waals surface area (Å²) >= 11 is 0. The van der Waals surface area contributed by atoms with Gasteiger partial charge in [0.15, 0.2) is 11.6 Å². The molecule has 1 aliphatic carbocycles. The van der Waals surface area contributed by atoms with Crippen molar-refractivity contribution in [2.75, 3.05) is 5.73 Å². The fraction of sp³-hybridized carbons (Fsp3) is 0.667. The quantitative estimate of drug-likeness (QED) is 0.672. The number of halogens is 2. The molecule has 0 spiro atoms. The molecule has 1 saturated heterocycles. The Hall–Kier alpha value is -1.58. The number of aromatic nitrogens is 2. The largest absolute Gasteiger partial charge is 0.381 e. The summed E-state index contributed by atoms with van der Waals surface area (Å²) in [7, 11) is 0. The molecule has 7 nitrogen and oxygen atoms in total. The monoisotopic (exact) mass is 303 g/mol. The van der Waals surface area contributed by atoms with E-state index in [1.54, 1.807) is 0 Å². The zero-order valence-electron chi connectivity index (χ0n) is 10.9. The third-order valence-corrected chi connectivity index (χ3v) is 3.97. The van der Waals surface area contributed by atoms with Crippen molar-refractivity contribution < 1.29 is 23.7 Å². The minimum absolute atomic E-state index is 0.0251. The van der Waals surface area contributed by atoms with Crippen LogP contribution in [-0.2, 0) is 4.74 Å². The van der Waals surface area contributed by atoms with E-state index in [4.69, 9.17) is 10.5 Å². The number of nitrogens with two attached hydrogens (primary N) is 1. The van der Waals surface area contributed by atoms with Gasteiger partial charge >= 0.3 is 11.7 Å². The number of alkyl halides is 1. The van der Waals surface area contributed by atoms with Gasteiger partial charge in [-0.3, -0.25) is 4.57 Å². The lowest BCUT2D eigenvalue weighted by molar-refractivity contribution is -0.304. The van der Waals surface area contributed by atoms with Crippen LogP contribution >= 0.6 is 0 Å². The van der Waals surface area contributed by atoms with Gasteiger partial charge in [0.05, 0.1) is 18.2 Å². The first-order valence-corrected chi connectivity index (χ1v) is 6.60. The Morgan fingerprint density at radius 2 is 2.14 bits per heavy atom. The highest BCUT2D eigenvalue weighted by Gasteiger charge is 2.52. The zero-order valence-corrected chi connectivity index (χ0v) is 10.9. The summed E-state index contributed by atoms with van der Waals surface area (Å²) in [6.45, 7) is 0. The molecule has 0 aromatic carbocycles. The van der Waals surface area contributed by atoms with Crippen LogP contribution in [0.5, 0.6) is 0 Å². The molecule has 3 unspecified atom stereocenters. The molecule has 1 aromatic heterocycles. The van der Waals surface area contributed by atoms with Crippen molar-refractivity contribution in [1.29, 1.82) is 0 Å². The molecule has 3 rings (SSSR count). The van der Waals surface area contributed by atoms with Gasteiger partial charge in [0.1, 0.15) is 6.23 Å². The summed E-state index contributed by atoms with van der Waals surface area (Å²) in [6.07, 6.45) is 0.806. The minimum atomic E-state index is -3.54. The summed E-state index contributed by atoms with van der Waals surface area (Å²) in [5.74, 6) is -2.76. The van der Waals surface area contributed by atoms with E-state index in [9.17, 15) is 23.8 Å². The van der Waals surface area contributed by atoms with Gasteiger partial charge < -0.3 is 20.7 Å². The second-order valence-corrected chi connectivity index (χ2v) is 5.54. The fourth-order valence-corrected chi connectivity index (χ4v) is 2.70. The SMILES string of the molecule is Nc1nc(=O)n(C2OC(C3CC3)CC2C(O)(O)F)cc1F. The Labute approximate surface area is 118 Å². The number of anilines is 1. The molecule has 9 heteroatoms. The second-order valence-electron chi connectivity index (χ2n) is 5.54. The Bertz CT molecular complexity index is 612. The van der Waals surface area contributed by atoms with Gasteiger partial charge in [0.2, 0.25) is 0 Å². The number of nitrogen functional groups attached to an aromatic ring is 1. The van der Waals surface area contributed by atoms with Crippen LogP contribution < -0.4 is 11.4 Å². The Morgan fingerprint density at radius 1 is 1.48 bits per heavy atom. The summed E-state index contributed by atoms with van der Waals surface area (Å²) in [5, 5.41) is 18.5. The van der Waals surface area contributed by atoms with E-state index >= 15 is 0 Å². The van der Waals surface area contributed by atoms with Crippen molar-refractivity contribution >= 4 is 5.82 Å². The number of rotatable bonds is 3.